The lowest BCUT2D eigenvalue weighted by atomic mass is 10.1. The molecule has 0 saturated heterocycles. The molecule has 1 heterocycles. The molecule has 0 N–H and O–H groups in total. The van der Waals surface area contributed by atoms with Crippen molar-refractivity contribution in [1.29, 1.82) is 0 Å². The van der Waals surface area contributed by atoms with Crippen molar-refractivity contribution in [3.63, 3.8) is 0 Å². The van der Waals surface area contributed by atoms with Gasteiger partial charge in [-0.1, -0.05) is 0 Å². The first-order valence-electron chi connectivity index (χ1n) is 7.72. The van der Waals surface area contributed by atoms with Crippen LogP contribution >= 0.6 is 22.6 Å². The van der Waals surface area contributed by atoms with E-state index in [0.29, 0.717) is 31.2 Å². The Balaban J connectivity index is 1.85. The van der Waals surface area contributed by atoms with Crippen LogP contribution in [0.5, 0.6) is 0 Å². The maximum absolute atomic E-state index is 13.4. The Bertz CT molecular complexity index is 584. The van der Waals surface area contributed by atoms with Gasteiger partial charge >= 0.3 is 5.97 Å². The summed E-state index contributed by atoms with van der Waals surface area (Å²) in [6.45, 7) is 2.41. The molecule has 0 aliphatic heterocycles. The lowest BCUT2D eigenvalue weighted by molar-refractivity contribution is 0.00419. The van der Waals surface area contributed by atoms with Crippen LogP contribution in [0.1, 0.15) is 61.1 Å². The molecule has 1 unspecified atom stereocenters. The first kappa shape index (κ1) is 16.1. The summed E-state index contributed by atoms with van der Waals surface area (Å²) < 4.78 is 34.3. The number of aromatic nitrogens is 2. The highest BCUT2D eigenvalue weighted by atomic mass is 127. The van der Waals surface area contributed by atoms with Gasteiger partial charge in [0.1, 0.15) is 0 Å². The molecule has 1 aromatic heterocycles. The van der Waals surface area contributed by atoms with E-state index in [1.54, 1.807) is 11.6 Å². The zero-order valence-electron chi connectivity index (χ0n) is 12.4. The lowest BCUT2D eigenvalue weighted by Crippen LogP contribution is -2.19. The number of hydrogen-bond acceptors (Lipinski definition) is 3. The van der Waals surface area contributed by atoms with Crippen molar-refractivity contribution in [2.45, 2.75) is 57.4 Å². The number of alkyl halides is 2. The SMILES string of the molecule is CCOC(=O)c1c(I)c(C2CC2)nn1CC1CCC(F)(F)C1. The summed E-state index contributed by atoms with van der Waals surface area (Å²) >= 11 is 2.13. The first-order chi connectivity index (χ1) is 10.4. The van der Waals surface area contributed by atoms with Gasteiger partial charge in [0.2, 0.25) is 5.92 Å². The highest BCUT2D eigenvalue weighted by Crippen LogP contribution is 2.43. The number of ether oxygens (including phenoxy) is 1. The Hall–Kier alpha value is -0.730. The van der Waals surface area contributed by atoms with E-state index >= 15 is 0 Å². The molecule has 0 amide bonds. The van der Waals surface area contributed by atoms with Gasteiger partial charge in [0.15, 0.2) is 5.69 Å². The van der Waals surface area contributed by atoms with Crippen LogP contribution in [0, 0.1) is 9.49 Å². The molecular formula is C15H19F2IN2O2. The molecule has 22 heavy (non-hydrogen) atoms. The van der Waals surface area contributed by atoms with Gasteiger partial charge in [-0.3, -0.25) is 4.68 Å². The van der Waals surface area contributed by atoms with E-state index in [9.17, 15) is 13.6 Å². The summed E-state index contributed by atoms with van der Waals surface area (Å²) in [7, 11) is 0. The van der Waals surface area contributed by atoms with Crippen molar-refractivity contribution < 1.29 is 18.3 Å². The van der Waals surface area contributed by atoms with Gasteiger partial charge in [-0.2, -0.15) is 5.10 Å². The molecule has 2 aliphatic rings. The van der Waals surface area contributed by atoms with Gasteiger partial charge in [0.25, 0.3) is 0 Å². The van der Waals surface area contributed by atoms with E-state index < -0.39 is 11.9 Å². The Kier molecular flexibility index (Phi) is 4.44. The van der Waals surface area contributed by atoms with E-state index in [0.717, 1.165) is 22.1 Å². The molecule has 2 saturated carbocycles. The maximum atomic E-state index is 13.4. The zero-order valence-corrected chi connectivity index (χ0v) is 14.6. The van der Waals surface area contributed by atoms with Crippen molar-refractivity contribution >= 4 is 28.6 Å². The average molecular weight is 424 g/mol. The van der Waals surface area contributed by atoms with Crippen molar-refractivity contribution in [2.75, 3.05) is 6.61 Å². The highest BCUT2D eigenvalue weighted by molar-refractivity contribution is 14.1. The molecule has 122 valence electrons. The first-order valence-corrected chi connectivity index (χ1v) is 8.80. The summed E-state index contributed by atoms with van der Waals surface area (Å²) in [5.41, 5.74) is 1.35. The van der Waals surface area contributed by atoms with Crippen LogP contribution in [0.15, 0.2) is 0 Å². The Morgan fingerprint density at radius 3 is 2.73 bits per heavy atom. The predicted molar refractivity (Wildman–Crippen MR) is 85.2 cm³/mol. The van der Waals surface area contributed by atoms with Crippen molar-refractivity contribution in [3.8, 4) is 0 Å². The molecule has 3 rings (SSSR count). The van der Waals surface area contributed by atoms with E-state index in [-0.39, 0.29) is 18.8 Å². The van der Waals surface area contributed by atoms with Crippen LogP contribution in [0.4, 0.5) is 8.78 Å². The second-order valence-electron chi connectivity index (χ2n) is 6.19. The number of nitrogens with zero attached hydrogens (tertiary/aromatic N) is 2. The quantitative estimate of drug-likeness (QED) is 0.531. The minimum absolute atomic E-state index is 0.0692. The minimum Gasteiger partial charge on any atom is -0.461 e. The topological polar surface area (TPSA) is 44.1 Å². The lowest BCUT2D eigenvalue weighted by Gasteiger charge is -2.13. The fourth-order valence-corrected chi connectivity index (χ4v) is 4.09. The number of rotatable bonds is 5. The number of hydrogen-bond donors (Lipinski definition) is 0. The molecule has 0 radical (unpaired) electrons. The van der Waals surface area contributed by atoms with Crippen molar-refractivity contribution in [3.05, 3.63) is 15.0 Å². The van der Waals surface area contributed by atoms with Gasteiger partial charge in [-0.05, 0) is 54.7 Å². The molecule has 7 heteroatoms. The number of carbonyl (C=O) groups is 1. The zero-order chi connectivity index (χ0) is 15.9. The third-order valence-corrected chi connectivity index (χ3v) is 5.35. The smallest absolute Gasteiger partial charge is 0.357 e. The van der Waals surface area contributed by atoms with Crippen LogP contribution in [0.25, 0.3) is 0 Å². The second-order valence-corrected chi connectivity index (χ2v) is 7.27. The number of esters is 1. The maximum Gasteiger partial charge on any atom is 0.357 e. The molecule has 2 aliphatic carbocycles. The number of carbonyl (C=O) groups excluding carboxylic acids is 1. The molecule has 0 spiro atoms. The van der Waals surface area contributed by atoms with E-state index in [1.807, 2.05) is 0 Å². The van der Waals surface area contributed by atoms with Crippen molar-refractivity contribution in [1.82, 2.24) is 9.78 Å². The summed E-state index contributed by atoms with van der Waals surface area (Å²) in [4.78, 5) is 12.2. The minimum atomic E-state index is -2.58. The molecule has 1 atom stereocenters. The highest BCUT2D eigenvalue weighted by Gasteiger charge is 2.40. The third-order valence-electron chi connectivity index (χ3n) is 4.29. The monoisotopic (exact) mass is 424 g/mol. The summed E-state index contributed by atoms with van der Waals surface area (Å²) in [6.07, 6.45) is 2.45. The summed E-state index contributed by atoms with van der Waals surface area (Å²) in [5, 5.41) is 4.55. The van der Waals surface area contributed by atoms with Crippen molar-refractivity contribution in [2.24, 2.45) is 5.92 Å². The fourth-order valence-electron chi connectivity index (χ4n) is 3.04. The molecule has 2 fully saturated rings. The molecule has 4 nitrogen and oxygen atoms in total. The van der Waals surface area contributed by atoms with Gasteiger partial charge in [0.05, 0.1) is 15.9 Å². The molecule has 0 bridgehead atoms. The molecule has 0 aromatic carbocycles. The Morgan fingerprint density at radius 2 is 2.18 bits per heavy atom. The molecular weight excluding hydrogens is 405 g/mol. The summed E-state index contributed by atoms with van der Waals surface area (Å²) in [5.74, 6) is -2.71. The average Bonchev–Trinajstić information content (AvgIpc) is 3.14. The van der Waals surface area contributed by atoms with Crippen LogP contribution < -0.4 is 0 Å². The largest absolute Gasteiger partial charge is 0.461 e. The van der Waals surface area contributed by atoms with Gasteiger partial charge in [-0.25, -0.2) is 13.6 Å². The van der Waals surface area contributed by atoms with Crippen LogP contribution in [0.3, 0.4) is 0 Å². The summed E-state index contributed by atoms with van der Waals surface area (Å²) in [6, 6.07) is 0. The molecule has 1 aromatic rings. The predicted octanol–water partition coefficient (Wildman–Crippen LogP) is 3.98. The number of halogens is 3. The van der Waals surface area contributed by atoms with Crippen LogP contribution in [0.2, 0.25) is 0 Å². The van der Waals surface area contributed by atoms with Gasteiger partial charge < -0.3 is 4.74 Å². The standard InChI is InChI=1S/C15H19F2IN2O2/c1-2-22-14(21)13-11(18)12(10-3-4-10)19-20(13)8-9-5-6-15(16,17)7-9/h9-10H,2-8H2,1H3. The van der Waals surface area contributed by atoms with Crippen LogP contribution in [-0.4, -0.2) is 28.3 Å². The Morgan fingerprint density at radius 1 is 1.45 bits per heavy atom. The normalized spacial score (nSPS) is 23.7. The van der Waals surface area contributed by atoms with E-state index in [1.165, 1.54) is 0 Å². The fraction of sp³-hybridized carbons (Fsp3) is 0.733. The van der Waals surface area contributed by atoms with Crippen LogP contribution in [-0.2, 0) is 11.3 Å². The van der Waals surface area contributed by atoms with Gasteiger partial charge in [0, 0.05) is 25.3 Å². The second kappa shape index (κ2) is 6.05. The Labute approximate surface area is 141 Å². The van der Waals surface area contributed by atoms with Gasteiger partial charge in [-0.15, -0.1) is 0 Å². The van der Waals surface area contributed by atoms with E-state index in [2.05, 4.69) is 27.7 Å². The third kappa shape index (κ3) is 3.28. The van der Waals surface area contributed by atoms with E-state index in [4.69, 9.17) is 4.74 Å².